The van der Waals surface area contributed by atoms with Crippen molar-refractivity contribution < 1.29 is 18.7 Å². The highest BCUT2D eigenvalue weighted by atomic mass is 35.5. The molecule has 4 atom stereocenters. The van der Waals surface area contributed by atoms with Gasteiger partial charge in [0.1, 0.15) is 23.1 Å². The molecule has 4 nitrogen and oxygen atoms in total. The molecule has 0 radical (unpaired) electrons. The number of aliphatic carboxylic acids is 1. The predicted octanol–water partition coefficient (Wildman–Crippen LogP) is 6.31. The number of carboxylic acids is 1. The number of benzene rings is 2. The molecule has 1 fully saturated rings. The largest absolute Gasteiger partial charge is 0.480 e. The summed E-state index contributed by atoms with van der Waals surface area (Å²) >= 11 is 12.0. The Hall–Kier alpha value is -2.20. The van der Waals surface area contributed by atoms with Crippen LogP contribution in [0.5, 0.6) is 0 Å². The van der Waals surface area contributed by atoms with E-state index < -0.39 is 41.0 Å². The van der Waals surface area contributed by atoms with Gasteiger partial charge in [0.15, 0.2) is 0 Å². The predicted molar refractivity (Wildman–Crippen MR) is 124 cm³/mol. The maximum absolute atomic E-state index is 15.4. The van der Waals surface area contributed by atoms with Gasteiger partial charge in [-0.05, 0) is 41.5 Å². The fourth-order valence-electron chi connectivity index (χ4n) is 4.69. The highest BCUT2D eigenvalue weighted by molar-refractivity contribution is 6.31. The van der Waals surface area contributed by atoms with Gasteiger partial charge in [0.05, 0.1) is 11.1 Å². The Balaban J connectivity index is 2.37. The zero-order valence-corrected chi connectivity index (χ0v) is 20.3. The van der Waals surface area contributed by atoms with E-state index >= 15 is 8.78 Å². The molecule has 4 unspecified atom stereocenters. The molecule has 2 aromatic rings. The highest BCUT2D eigenvalue weighted by Crippen LogP contribution is 2.53. The number of nitriles is 1. The Bertz CT molecular complexity index is 1120. The van der Waals surface area contributed by atoms with Crippen LogP contribution < -0.4 is 5.32 Å². The smallest absolute Gasteiger partial charge is 0.321 e. The lowest BCUT2D eigenvalue weighted by Crippen LogP contribution is -2.46. The molecule has 0 amide bonds. The van der Waals surface area contributed by atoms with Crippen LogP contribution in [0.3, 0.4) is 0 Å². The van der Waals surface area contributed by atoms with Gasteiger partial charge in [-0.25, -0.2) is 8.78 Å². The van der Waals surface area contributed by atoms with Crippen LogP contribution in [-0.2, 0) is 10.2 Å². The highest BCUT2D eigenvalue weighted by Gasteiger charge is 2.61. The minimum atomic E-state index is -1.74. The topological polar surface area (TPSA) is 73.1 Å². The molecule has 1 aliphatic heterocycles. The molecular weight excluding hydrogens is 469 g/mol. The minimum absolute atomic E-state index is 0.0282. The van der Waals surface area contributed by atoms with E-state index in [2.05, 4.69) is 11.4 Å². The molecule has 1 heterocycles. The Morgan fingerprint density at radius 3 is 2.48 bits per heavy atom. The summed E-state index contributed by atoms with van der Waals surface area (Å²) in [6.07, 6.45) is 0.350. The van der Waals surface area contributed by atoms with Crippen molar-refractivity contribution >= 4 is 29.2 Å². The monoisotopic (exact) mass is 494 g/mol. The Labute approximate surface area is 202 Å². The van der Waals surface area contributed by atoms with Gasteiger partial charge in [-0.15, -0.1) is 0 Å². The van der Waals surface area contributed by atoms with Crippen LogP contribution in [-0.4, -0.2) is 23.2 Å². The third-order valence-corrected chi connectivity index (χ3v) is 7.72. The molecule has 1 aliphatic rings. The van der Waals surface area contributed by atoms with Crippen molar-refractivity contribution in [3.63, 3.8) is 0 Å². The van der Waals surface area contributed by atoms with Crippen LogP contribution in [0.15, 0.2) is 36.4 Å². The van der Waals surface area contributed by atoms with Crippen molar-refractivity contribution in [2.75, 3.05) is 0 Å². The summed E-state index contributed by atoms with van der Waals surface area (Å²) in [5.74, 6) is -3.91. The van der Waals surface area contributed by atoms with Gasteiger partial charge in [-0.3, -0.25) is 10.1 Å². The second kappa shape index (κ2) is 9.21. The van der Waals surface area contributed by atoms with Gasteiger partial charge in [-0.2, -0.15) is 5.26 Å². The number of rotatable bonds is 6. The van der Waals surface area contributed by atoms with E-state index in [1.165, 1.54) is 30.3 Å². The van der Waals surface area contributed by atoms with Crippen molar-refractivity contribution in [3.05, 3.63) is 69.2 Å². The summed E-state index contributed by atoms with van der Waals surface area (Å²) in [4.78, 5) is 12.4. The molecule has 2 N–H and O–H groups in total. The lowest BCUT2D eigenvalue weighted by atomic mass is 9.61. The number of hydrogen-bond donors (Lipinski definition) is 2. The zero-order chi connectivity index (χ0) is 24.7. The van der Waals surface area contributed by atoms with Gasteiger partial charge in [0.25, 0.3) is 0 Å². The average Bonchev–Trinajstić information content (AvgIpc) is 3.04. The van der Waals surface area contributed by atoms with E-state index in [4.69, 9.17) is 23.2 Å². The first-order valence-corrected chi connectivity index (χ1v) is 11.4. The van der Waals surface area contributed by atoms with E-state index in [0.717, 1.165) is 6.07 Å². The summed E-state index contributed by atoms with van der Waals surface area (Å²) in [5, 5.41) is 23.7. The number of halogens is 4. The molecule has 8 heteroatoms. The number of nitrogens with one attached hydrogen (secondary N) is 1. The molecule has 0 aliphatic carbocycles. The van der Waals surface area contributed by atoms with Crippen LogP contribution in [0.2, 0.25) is 10.0 Å². The first-order chi connectivity index (χ1) is 15.4. The SMILES string of the molecule is CC(C)C(C)(C)CC1NC(C(=O)O)C(c2cccc(Cl)c2F)C1(C#N)c1ccc(Cl)cc1F. The summed E-state index contributed by atoms with van der Waals surface area (Å²) in [7, 11) is 0. The normalized spacial score (nSPS) is 25.3. The zero-order valence-electron chi connectivity index (χ0n) is 18.8. The Morgan fingerprint density at radius 1 is 1.27 bits per heavy atom. The first kappa shape index (κ1) is 25.4. The van der Waals surface area contributed by atoms with Crippen molar-refractivity contribution in [1.29, 1.82) is 5.26 Å². The van der Waals surface area contributed by atoms with E-state index in [1.807, 2.05) is 27.7 Å². The number of nitrogens with zero attached hydrogens (tertiary/aromatic N) is 1. The van der Waals surface area contributed by atoms with E-state index in [1.54, 1.807) is 0 Å². The van der Waals surface area contributed by atoms with Gasteiger partial charge >= 0.3 is 5.97 Å². The Kier molecular flexibility index (Phi) is 7.10. The number of carbonyl (C=O) groups is 1. The van der Waals surface area contributed by atoms with Crippen LogP contribution in [0.25, 0.3) is 0 Å². The number of hydrogen-bond acceptors (Lipinski definition) is 3. The van der Waals surface area contributed by atoms with Crippen molar-refractivity contribution in [2.45, 2.75) is 57.5 Å². The summed E-state index contributed by atoms with van der Waals surface area (Å²) in [6, 6.07) is 8.24. The lowest BCUT2D eigenvalue weighted by Gasteiger charge is -2.39. The molecule has 0 bridgehead atoms. The van der Waals surface area contributed by atoms with Crippen LogP contribution in [0.4, 0.5) is 8.78 Å². The second-order valence-electron chi connectivity index (χ2n) is 9.61. The van der Waals surface area contributed by atoms with Gasteiger partial charge in [0, 0.05) is 22.5 Å². The molecule has 0 aromatic heterocycles. The minimum Gasteiger partial charge on any atom is -0.480 e. The maximum Gasteiger partial charge on any atom is 0.321 e. The maximum atomic E-state index is 15.4. The third-order valence-electron chi connectivity index (χ3n) is 7.19. The first-order valence-electron chi connectivity index (χ1n) is 10.7. The van der Waals surface area contributed by atoms with E-state index in [0.29, 0.717) is 6.42 Å². The van der Waals surface area contributed by atoms with Crippen molar-refractivity contribution in [3.8, 4) is 6.07 Å². The fraction of sp³-hybridized carbons (Fsp3) is 0.440. The third kappa shape index (κ3) is 4.35. The van der Waals surface area contributed by atoms with E-state index in [-0.39, 0.29) is 32.5 Å². The van der Waals surface area contributed by atoms with Crippen LogP contribution in [0.1, 0.15) is 51.2 Å². The Morgan fingerprint density at radius 2 is 1.94 bits per heavy atom. The summed E-state index contributed by atoms with van der Waals surface area (Å²) < 4.78 is 30.6. The van der Waals surface area contributed by atoms with Gasteiger partial charge in [-0.1, -0.05) is 69.1 Å². The summed E-state index contributed by atoms with van der Waals surface area (Å²) in [6.45, 7) is 8.05. The average molecular weight is 495 g/mol. The molecule has 176 valence electrons. The van der Waals surface area contributed by atoms with E-state index in [9.17, 15) is 15.2 Å². The molecular formula is C25H26Cl2F2N2O2. The second-order valence-corrected chi connectivity index (χ2v) is 10.5. The molecule has 0 spiro atoms. The quantitative estimate of drug-likeness (QED) is 0.493. The standard InChI is InChI=1S/C25H26Cl2F2N2O2/c1-13(2)24(3,4)11-19-25(12-30,16-9-8-14(26)10-18(16)28)20(22(31-19)23(32)33)15-6-5-7-17(27)21(15)29/h5-10,13,19-20,22,31H,11H2,1-4H3,(H,32,33). The van der Waals surface area contributed by atoms with Crippen molar-refractivity contribution in [1.82, 2.24) is 5.32 Å². The van der Waals surface area contributed by atoms with Gasteiger partial charge in [0.2, 0.25) is 0 Å². The molecule has 1 saturated heterocycles. The van der Waals surface area contributed by atoms with Crippen LogP contribution >= 0.6 is 23.2 Å². The van der Waals surface area contributed by atoms with Gasteiger partial charge < -0.3 is 5.11 Å². The molecule has 2 aromatic carbocycles. The molecule has 33 heavy (non-hydrogen) atoms. The fourth-order valence-corrected chi connectivity index (χ4v) is 5.03. The number of carboxylic acid groups (broad SMARTS) is 1. The lowest BCUT2D eigenvalue weighted by molar-refractivity contribution is -0.139. The van der Waals surface area contributed by atoms with Crippen molar-refractivity contribution in [2.24, 2.45) is 11.3 Å². The summed E-state index contributed by atoms with van der Waals surface area (Å²) in [5.41, 5.74) is -2.16. The van der Waals surface area contributed by atoms with Crippen LogP contribution in [0, 0.1) is 34.3 Å². The molecule has 3 rings (SSSR count). The molecule has 0 saturated carbocycles.